The van der Waals surface area contributed by atoms with Crippen molar-refractivity contribution in [3.63, 3.8) is 0 Å². The normalized spacial score (nSPS) is 21.8. The van der Waals surface area contributed by atoms with Crippen molar-refractivity contribution in [2.45, 2.75) is 57.5 Å². The van der Waals surface area contributed by atoms with Crippen LogP contribution in [0.4, 0.5) is 0 Å². The quantitative estimate of drug-likeness (QED) is 0.798. The van der Waals surface area contributed by atoms with E-state index in [0.717, 1.165) is 56.6 Å². The maximum Gasteiger partial charge on any atom is 0.329 e. The van der Waals surface area contributed by atoms with Gasteiger partial charge in [0.25, 0.3) is 5.91 Å². The smallest absolute Gasteiger partial charge is 0.329 e. The third-order valence-electron chi connectivity index (χ3n) is 7.08. The Morgan fingerprint density at radius 2 is 1.69 bits per heavy atom. The van der Waals surface area contributed by atoms with Gasteiger partial charge in [0, 0.05) is 44.3 Å². The molecule has 2 heterocycles. The van der Waals surface area contributed by atoms with Gasteiger partial charge < -0.3 is 9.80 Å². The van der Waals surface area contributed by atoms with E-state index >= 15 is 0 Å². The van der Waals surface area contributed by atoms with Crippen LogP contribution in [0.15, 0.2) is 23.0 Å². The second kappa shape index (κ2) is 7.63. The number of carbonyl (C=O) groups is 1. The number of amides is 1. The third kappa shape index (κ3) is 3.63. The first kappa shape index (κ1) is 18.9. The van der Waals surface area contributed by atoms with Gasteiger partial charge in [0.1, 0.15) is 0 Å². The van der Waals surface area contributed by atoms with Gasteiger partial charge in [-0.25, -0.2) is 4.79 Å². The zero-order chi connectivity index (χ0) is 20.0. The molecule has 2 aliphatic carbocycles. The number of imidazole rings is 1. The average Bonchev–Trinajstić information content (AvgIpc) is 3.53. The lowest BCUT2D eigenvalue weighted by molar-refractivity contribution is 0.0664. The summed E-state index contributed by atoms with van der Waals surface area (Å²) in [6.45, 7) is 4.16. The molecule has 1 aromatic carbocycles. The summed E-state index contributed by atoms with van der Waals surface area (Å²) in [6, 6.07) is 6.25. The number of fused-ring (bicyclic) bond motifs is 1. The van der Waals surface area contributed by atoms with Crippen molar-refractivity contribution < 1.29 is 4.79 Å². The Labute approximate surface area is 172 Å². The summed E-state index contributed by atoms with van der Waals surface area (Å²) in [5.74, 6) is 0.714. The highest BCUT2D eigenvalue weighted by molar-refractivity contribution is 5.97. The molecule has 0 spiro atoms. The van der Waals surface area contributed by atoms with E-state index in [-0.39, 0.29) is 11.6 Å². The molecule has 3 fully saturated rings. The Hall–Kier alpha value is -2.08. The summed E-state index contributed by atoms with van der Waals surface area (Å²) in [6.07, 6.45) is 8.27. The number of aromatic nitrogens is 2. The second-order valence-corrected chi connectivity index (χ2v) is 9.30. The number of piperazine rings is 1. The van der Waals surface area contributed by atoms with Gasteiger partial charge in [0.05, 0.1) is 11.0 Å². The molecule has 0 unspecified atom stereocenters. The molecule has 0 bridgehead atoms. The second-order valence-electron chi connectivity index (χ2n) is 9.30. The number of nitrogens with zero attached hydrogens (tertiary/aromatic N) is 4. The Kier molecular flexibility index (Phi) is 4.98. The van der Waals surface area contributed by atoms with Gasteiger partial charge in [0.2, 0.25) is 0 Å². The van der Waals surface area contributed by atoms with E-state index in [2.05, 4.69) is 11.9 Å². The molecule has 1 aliphatic heterocycles. The Morgan fingerprint density at radius 1 is 0.966 bits per heavy atom. The summed E-state index contributed by atoms with van der Waals surface area (Å²) in [7, 11) is 2.10. The monoisotopic (exact) mass is 396 g/mol. The van der Waals surface area contributed by atoms with E-state index in [1.165, 1.54) is 32.1 Å². The van der Waals surface area contributed by atoms with Crippen LogP contribution in [-0.4, -0.2) is 58.1 Å². The number of carbonyl (C=O) groups excluding carboxylic acids is 1. The first-order chi connectivity index (χ1) is 14.1. The fourth-order valence-electron chi connectivity index (χ4n) is 5.03. The van der Waals surface area contributed by atoms with E-state index in [1.807, 2.05) is 32.2 Å². The molecule has 1 saturated heterocycles. The van der Waals surface area contributed by atoms with E-state index < -0.39 is 0 Å². The minimum atomic E-state index is 0.0934. The van der Waals surface area contributed by atoms with Gasteiger partial charge in [-0.1, -0.05) is 19.3 Å². The van der Waals surface area contributed by atoms with E-state index in [4.69, 9.17) is 0 Å². The van der Waals surface area contributed by atoms with Gasteiger partial charge in [-0.15, -0.1) is 0 Å². The molecule has 0 atom stereocenters. The van der Waals surface area contributed by atoms with Crippen LogP contribution in [0, 0.1) is 5.92 Å². The molecule has 29 heavy (non-hydrogen) atoms. The molecule has 3 aliphatic rings. The van der Waals surface area contributed by atoms with E-state index in [0.29, 0.717) is 17.5 Å². The summed E-state index contributed by atoms with van der Waals surface area (Å²) >= 11 is 0. The number of rotatable bonds is 4. The van der Waals surface area contributed by atoms with Crippen molar-refractivity contribution in [2.24, 2.45) is 5.92 Å². The Morgan fingerprint density at radius 3 is 2.38 bits per heavy atom. The lowest BCUT2D eigenvalue weighted by Gasteiger charge is -2.32. The largest absolute Gasteiger partial charge is 0.336 e. The van der Waals surface area contributed by atoms with Crippen molar-refractivity contribution in [1.29, 1.82) is 0 Å². The minimum Gasteiger partial charge on any atom is -0.336 e. The molecule has 156 valence electrons. The highest BCUT2D eigenvalue weighted by Crippen LogP contribution is 2.34. The number of hydrogen-bond acceptors (Lipinski definition) is 3. The van der Waals surface area contributed by atoms with E-state index in [9.17, 15) is 9.59 Å². The molecular weight excluding hydrogens is 364 g/mol. The van der Waals surface area contributed by atoms with Gasteiger partial charge in [-0.3, -0.25) is 13.9 Å². The molecule has 1 aromatic heterocycles. The zero-order valence-corrected chi connectivity index (χ0v) is 17.5. The van der Waals surface area contributed by atoms with Crippen molar-refractivity contribution in [3.8, 4) is 0 Å². The lowest BCUT2D eigenvalue weighted by Crippen LogP contribution is -2.47. The maximum atomic E-state index is 13.4. The molecule has 0 radical (unpaired) electrons. The van der Waals surface area contributed by atoms with E-state index in [1.54, 1.807) is 0 Å². The Bertz CT molecular complexity index is 957. The maximum absolute atomic E-state index is 13.4. The van der Waals surface area contributed by atoms with Gasteiger partial charge >= 0.3 is 5.69 Å². The van der Waals surface area contributed by atoms with Crippen LogP contribution in [-0.2, 0) is 6.54 Å². The van der Waals surface area contributed by atoms with Crippen LogP contribution in [0.25, 0.3) is 11.0 Å². The predicted molar refractivity (Wildman–Crippen MR) is 114 cm³/mol. The van der Waals surface area contributed by atoms with Gasteiger partial charge in [0.15, 0.2) is 0 Å². The topological polar surface area (TPSA) is 50.5 Å². The highest BCUT2D eigenvalue weighted by atomic mass is 16.2. The van der Waals surface area contributed by atoms with Gasteiger partial charge in [-0.05, 0) is 56.8 Å². The summed E-state index contributed by atoms with van der Waals surface area (Å²) in [5, 5.41) is 0. The minimum absolute atomic E-state index is 0.0934. The molecule has 2 aromatic rings. The summed E-state index contributed by atoms with van der Waals surface area (Å²) < 4.78 is 4.00. The number of benzene rings is 1. The molecular formula is C23H32N4O2. The first-order valence-corrected chi connectivity index (χ1v) is 11.3. The van der Waals surface area contributed by atoms with Crippen LogP contribution >= 0.6 is 0 Å². The van der Waals surface area contributed by atoms with Crippen LogP contribution in [0.2, 0.25) is 0 Å². The lowest BCUT2D eigenvalue weighted by atomic mass is 9.95. The van der Waals surface area contributed by atoms with Crippen LogP contribution in [0.5, 0.6) is 0 Å². The highest BCUT2D eigenvalue weighted by Gasteiger charge is 2.28. The van der Waals surface area contributed by atoms with Crippen molar-refractivity contribution in [2.75, 3.05) is 33.2 Å². The molecule has 0 N–H and O–H groups in total. The van der Waals surface area contributed by atoms with Crippen LogP contribution in [0.1, 0.15) is 61.3 Å². The van der Waals surface area contributed by atoms with Crippen LogP contribution < -0.4 is 5.69 Å². The molecule has 2 saturated carbocycles. The molecule has 1 amide bonds. The number of likely N-dealkylation sites (N-methyl/N-ethyl adjacent to an activating group) is 1. The average molecular weight is 397 g/mol. The fraction of sp³-hybridized carbons (Fsp3) is 0.652. The SMILES string of the molecule is CN1CCN(C(=O)c2ccc3c(c2)n(CC2CC2)c(=O)n3C2CCCCC2)CC1. The van der Waals surface area contributed by atoms with Crippen LogP contribution in [0.3, 0.4) is 0 Å². The molecule has 6 heteroatoms. The van der Waals surface area contributed by atoms with Gasteiger partial charge in [-0.2, -0.15) is 0 Å². The zero-order valence-electron chi connectivity index (χ0n) is 17.5. The Balaban J connectivity index is 1.53. The number of hydrogen-bond donors (Lipinski definition) is 0. The molecule has 5 rings (SSSR count). The van der Waals surface area contributed by atoms with Crippen molar-refractivity contribution >= 4 is 16.9 Å². The predicted octanol–water partition coefficient (Wildman–Crippen LogP) is 3.11. The fourth-order valence-corrected chi connectivity index (χ4v) is 5.03. The third-order valence-corrected chi connectivity index (χ3v) is 7.08. The van der Waals surface area contributed by atoms with Crippen molar-refractivity contribution in [1.82, 2.24) is 18.9 Å². The molecule has 6 nitrogen and oxygen atoms in total. The standard InChI is InChI=1S/C23H32N4O2/c1-24-11-13-25(14-12-24)22(28)18-9-10-20-21(15-18)26(16-17-7-8-17)23(29)27(20)19-5-3-2-4-6-19/h9-10,15,17,19H,2-8,11-14,16H2,1H3. The van der Waals surface area contributed by atoms with Crippen molar-refractivity contribution in [3.05, 3.63) is 34.2 Å². The summed E-state index contributed by atoms with van der Waals surface area (Å²) in [4.78, 5) is 30.7. The first-order valence-electron chi connectivity index (χ1n) is 11.3. The summed E-state index contributed by atoms with van der Waals surface area (Å²) in [5.41, 5.74) is 2.81.